The summed E-state index contributed by atoms with van der Waals surface area (Å²) in [6.45, 7) is 2.69. The van der Waals surface area contributed by atoms with Crippen LogP contribution in [0.2, 0.25) is 0 Å². The molecule has 1 aromatic rings. The maximum absolute atomic E-state index is 12.0. The van der Waals surface area contributed by atoms with Gasteiger partial charge in [0.25, 0.3) is 0 Å². The molecule has 0 saturated carbocycles. The summed E-state index contributed by atoms with van der Waals surface area (Å²) in [7, 11) is 1.65. The van der Waals surface area contributed by atoms with Crippen LogP contribution in [0.3, 0.4) is 0 Å². The Morgan fingerprint density at radius 2 is 2.18 bits per heavy atom. The highest BCUT2D eigenvalue weighted by Crippen LogP contribution is 2.21. The van der Waals surface area contributed by atoms with Gasteiger partial charge in [0, 0.05) is 6.54 Å². The highest BCUT2D eigenvalue weighted by molar-refractivity contribution is 6.00. The van der Waals surface area contributed by atoms with Crippen molar-refractivity contribution in [1.29, 1.82) is 0 Å². The lowest BCUT2D eigenvalue weighted by atomic mass is 10.0. The van der Waals surface area contributed by atoms with E-state index in [1.165, 1.54) is 0 Å². The van der Waals surface area contributed by atoms with Crippen molar-refractivity contribution in [2.75, 3.05) is 13.7 Å². The van der Waals surface area contributed by atoms with Gasteiger partial charge in [0.1, 0.15) is 11.9 Å². The summed E-state index contributed by atoms with van der Waals surface area (Å²) in [5.41, 5.74) is 7.10. The molecule has 1 saturated heterocycles. The predicted octanol–water partition coefficient (Wildman–Crippen LogP) is 0.272. The van der Waals surface area contributed by atoms with Crippen molar-refractivity contribution in [3.63, 3.8) is 0 Å². The van der Waals surface area contributed by atoms with Crippen LogP contribution in [-0.2, 0) is 4.79 Å². The van der Waals surface area contributed by atoms with E-state index in [9.17, 15) is 4.79 Å². The van der Waals surface area contributed by atoms with Crippen LogP contribution >= 0.6 is 0 Å². The van der Waals surface area contributed by atoms with Gasteiger partial charge in [-0.05, 0) is 24.1 Å². The number of nitrogens with zero attached hydrogens (tertiary/aromatic N) is 1. The molecule has 1 amide bonds. The average molecular weight is 303 g/mol. The number of nitrogens with one attached hydrogen (secondary N) is 4. The Labute approximate surface area is 129 Å². The summed E-state index contributed by atoms with van der Waals surface area (Å²) in [5, 5.41) is 6.15. The first-order valence-corrected chi connectivity index (χ1v) is 7.48. The van der Waals surface area contributed by atoms with E-state index < -0.39 is 0 Å². The van der Waals surface area contributed by atoms with E-state index in [0.29, 0.717) is 12.5 Å². The Morgan fingerprint density at radius 1 is 1.41 bits per heavy atom. The largest absolute Gasteiger partial charge is 0.497 e. The third-order valence-electron chi connectivity index (χ3n) is 4.04. The highest BCUT2D eigenvalue weighted by atomic mass is 16.5. The van der Waals surface area contributed by atoms with Gasteiger partial charge in [0.05, 0.1) is 19.1 Å². The first-order chi connectivity index (χ1) is 10.7. The minimum Gasteiger partial charge on any atom is -0.497 e. The van der Waals surface area contributed by atoms with E-state index in [1.54, 1.807) is 7.11 Å². The average Bonchev–Trinajstić information content (AvgIpc) is 3.02. The van der Waals surface area contributed by atoms with Crippen LogP contribution < -0.4 is 26.2 Å². The van der Waals surface area contributed by atoms with Crippen LogP contribution in [-0.4, -0.2) is 31.7 Å². The normalized spacial score (nSPS) is 25.0. The number of amides is 1. The quantitative estimate of drug-likeness (QED) is 0.641. The van der Waals surface area contributed by atoms with Crippen molar-refractivity contribution in [2.45, 2.75) is 25.6 Å². The van der Waals surface area contributed by atoms with Crippen molar-refractivity contribution >= 4 is 11.9 Å². The summed E-state index contributed by atoms with van der Waals surface area (Å²) in [6, 6.07) is 7.97. The SMILES string of the molecule is CCC(NC1=NC2NNCC2C(=O)N1)c1ccc(OC)cc1. The molecule has 2 aliphatic rings. The van der Waals surface area contributed by atoms with Gasteiger partial charge in [-0.15, -0.1) is 0 Å². The zero-order valence-corrected chi connectivity index (χ0v) is 12.7. The van der Waals surface area contributed by atoms with Gasteiger partial charge in [0.15, 0.2) is 5.96 Å². The molecule has 3 rings (SSSR count). The molecule has 1 fully saturated rings. The molecule has 7 heteroatoms. The number of hydrogen-bond donors (Lipinski definition) is 4. The number of fused-ring (bicyclic) bond motifs is 1. The molecule has 0 aromatic heterocycles. The molecule has 2 aliphatic heterocycles. The fourth-order valence-electron chi connectivity index (χ4n) is 2.72. The lowest BCUT2D eigenvalue weighted by molar-refractivity contribution is -0.123. The van der Waals surface area contributed by atoms with Gasteiger partial charge < -0.3 is 10.1 Å². The van der Waals surface area contributed by atoms with Crippen LogP contribution in [0.15, 0.2) is 29.3 Å². The molecule has 0 aliphatic carbocycles. The summed E-state index contributed by atoms with van der Waals surface area (Å²) >= 11 is 0. The van der Waals surface area contributed by atoms with Gasteiger partial charge >= 0.3 is 0 Å². The standard InChI is InChI=1S/C15H21N5O2/c1-3-12(9-4-6-10(22-2)7-5-9)17-15-18-13-11(8-16-20-13)14(21)19-15/h4-7,11-13,16,20H,3,8H2,1-2H3,(H2,17,18,19,21). The van der Waals surface area contributed by atoms with E-state index in [1.807, 2.05) is 24.3 Å². The Hall–Kier alpha value is -2.12. The van der Waals surface area contributed by atoms with Gasteiger partial charge in [-0.1, -0.05) is 19.1 Å². The Kier molecular flexibility index (Phi) is 4.26. The molecule has 22 heavy (non-hydrogen) atoms. The number of aliphatic imine (C=N–C) groups is 1. The molecular formula is C15H21N5O2. The lowest BCUT2D eigenvalue weighted by Gasteiger charge is -2.26. The summed E-state index contributed by atoms with van der Waals surface area (Å²) in [4.78, 5) is 16.6. The van der Waals surface area contributed by atoms with Crippen molar-refractivity contribution in [2.24, 2.45) is 10.9 Å². The molecule has 118 valence electrons. The van der Waals surface area contributed by atoms with E-state index >= 15 is 0 Å². The predicted molar refractivity (Wildman–Crippen MR) is 83.2 cm³/mol. The maximum atomic E-state index is 12.0. The number of hydrazine groups is 1. The minimum atomic E-state index is -0.204. The molecular weight excluding hydrogens is 282 g/mol. The maximum Gasteiger partial charge on any atom is 0.234 e. The number of guanidine groups is 1. The number of rotatable bonds is 4. The topological polar surface area (TPSA) is 86.8 Å². The first kappa shape index (κ1) is 14.8. The minimum absolute atomic E-state index is 0.00964. The van der Waals surface area contributed by atoms with Gasteiger partial charge in [0.2, 0.25) is 5.91 Å². The highest BCUT2D eigenvalue weighted by Gasteiger charge is 2.37. The monoisotopic (exact) mass is 303 g/mol. The second kappa shape index (κ2) is 6.33. The Balaban J connectivity index is 1.73. The number of methoxy groups -OCH3 is 1. The van der Waals surface area contributed by atoms with Crippen LogP contribution in [0.25, 0.3) is 0 Å². The molecule has 7 nitrogen and oxygen atoms in total. The number of carbonyl (C=O) groups excluding carboxylic acids is 1. The molecule has 4 N–H and O–H groups in total. The van der Waals surface area contributed by atoms with Gasteiger partial charge in [-0.2, -0.15) is 0 Å². The lowest BCUT2D eigenvalue weighted by Crippen LogP contribution is -2.52. The third kappa shape index (κ3) is 2.90. The zero-order valence-electron chi connectivity index (χ0n) is 12.7. The molecule has 3 atom stereocenters. The fraction of sp³-hybridized carbons (Fsp3) is 0.467. The van der Waals surface area contributed by atoms with E-state index in [-0.39, 0.29) is 24.0 Å². The Bertz CT molecular complexity index is 572. The number of carbonyl (C=O) groups is 1. The van der Waals surface area contributed by atoms with Crippen LogP contribution in [0.4, 0.5) is 0 Å². The van der Waals surface area contributed by atoms with E-state index in [0.717, 1.165) is 17.7 Å². The second-order valence-corrected chi connectivity index (χ2v) is 5.42. The van der Waals surface area contributed by atoms with Crippen LogP contribution in [0.5, 0.6) is 5.75 Å². The van der Waals surface area contributed by atoms with Crippen molar-refractivity contribution < 1.29 is 9.53 Å². The Morgan fingerprint density at radius 3 is 2.86 bits per heavy atom. The zero-order chi connectivity index (χ0) is 15.5. The van der Waals surface area contributed by atoms with Crippen LogP contribution in [0, 0.1) is 5.92 Å². The van der Waals surface area contributed by atoms with Crippen molar-refractivity contribution in [1.82, 2.24) is 21.5 Å². The first-order valence-electron chi connectivity index (χ1n) is 7.48. The molecule has 2 heterocycles. The van der Waals surface area contributed by atoms with Gasteiger partial charge in [-0.3, -0.25) is 15.5 Å². The molecule has 0 spiro atoms. The molecule has 1 aromatic carbocycles. The van der Waals surface area contributed by atoms with Crippen molar-refractivity contribution in [3.8, 4) is 5.75 Å². The molecule has 0 radical (unpaired) electrons. The summed E-state index contributed by atoms with van der Waals surface area (Å²) in [6.07, 6.45) is 0.672. The molecule has 3 unspecified atom stereocenters. The number of ether oxygens (including phenoxy) is 1. The fourth-order valence-corrected chi connectivity index (χ4v) is 2.72. The van der Waals surface area contributed by atoms with Gasteiger partial charge in [-0.25, -0.2) is 10.4 Å². The molecule has 0 bridgehead atoms. The second-order valence-electron chi connectivity index (χ2n) is 5.42. The van der Waals surface area contributed by atoms with Crippen LogP contribution in [0.1, 0.15) is 24.9 Å². The summed E-state index contributed by atoms with van der Waals surface area (Å²) < 4.78 is 5.18. The summed E-state index contributed by atoms with van der Waals surface area (Å²) in [5.74, 6) is 1.19. The smallest absolute Gasteiger partial charge is 0.234 e. The van der Waals surface area contributed by atoms with Crippen molar-refractivity contribution in [3.05, 3.63) is 29.8 Å². The number of hydrogen-bond acceptors (Lipinski definition) is 6. The van der Waals surface area contributed by atoms with E-state index in [2.05, 4.69) is 33.4 Å². The number of benzene rings is 1. The van der Waals surface area contributed by atoms with E-state index in [4.69, 9.17) is 4.74 Å². The third-order valence-corrected chi connectivity index (χ3v) is 4.04.